The van der Waals surface area contributed by atoms with Crippen LogP contribution in [0.5, 0.6) is 0 Å². The van der Waals surface area contributed by atoms with E-state index in [1.54, 1.807) is 14.2 Å². The van der Waals surface area contributed by atoms with Crippen molar-refractivity contribution >= 4 is 35.8 Å². The van der Waals surface area contributed by atoms with E-state index in [1.165, 1.54) is 0 Å². The molecule has 1 atom stereocenters. The Labute approximate surface area is 126 Å². The third-order valence-electron chi connectivity index (χ3n) is 2.26. The van der Waals surface area contributed by atoms with Crippen molar-refractivity contribution in [3.63, 3.8) is 0 Å². The van der Waals surface area contributed by atoms with E-state index in [0.717, 1.165) is 6.42 Å². The molecular weight excluding hydrogens is 347 g/mol. The van der Waals surface area contributed by atoms with Gasteiger partial charge in [0.2, 0.25) is 5.91 Å². The number of ether oxygens (including phenoxy) is 1. The Morgan fingerprint density at radius 2 is 2.06 bits per heavy atom. The van der Waals surface area contributed by atoms with Gasteiger partial charge in [-0.3, -0.25) is 9.79 Å². The topological polar surface area (TPSA) is 74.8 Å². The van der Waals surface area contributed by atoms with E-state index in [9.17, 15) is 4.79 Å². The smallest absolute Gasteiger partial charge is 0.239 e. The molecule has 0 aliphatic rings. The SMILES string of the molecule is CCC(C)NC(=NC)NCC(=O)NCCOC.I. The van der Waals surface area contributed by atoms with Gasteiger partial charge in [0.15, 0.2) is 5.96 Å². The maximum absolute atomic E-state index is 11.4. The van der Waals surface area contributed by atoms with Gasteiger partial charge >= 0.3 is 0 Å². The zero-order chi connectivity index (χ0) is 13.1. The van der Waals surface area contributed by atoms with Gasteiger partial charge < -0.3 is 20.7 Å². The molecule has 0 aromatic rings. The number of nitrogens with zero attached hydrogens (tertiary/aromatic N) is 1. The van der Waals surface area contributed by atoms with E-state index in [4.69, 9.17) is 4.74 Å². The summed E-state index contributed by atoms with van der Waals surface area (Å²) in [5, 5.41) is 8.84. The number of halogens is 1. The summed E-state index contributed by atoms with van der Waals surface area (Å²) in [6.07, 6.45) is 1.00. The minimum Gasteiger partial charge on any atom is -0.383 e. The summed E-state index contributed by atoms with van der Waals surface area (Å²) in [5.74, 6) is 0.565. The van der Waals surface area contributed by atoms with Gasteiger partial charge in [-0.15, -0.1) is 24.0 Å². The minimum atomic E-state index is -0.0749. The van der Waals surface area contributed by atoms with Crippen LogP contribution in [-0.2, 0) is 9.53 Å². The number of methoxy groups -OCH3 is 1. The predicted molar refractivity (Wildman–Crippen MR) is 84.6 cm³/mol. The number of hydrogen-bond donors (Lipinski definition) is 3. The van der Waals surface area contributed by atoms with Crippen molar-refractivity contribution < 1.29 is 9.53 Å². The fourth-order valence-electron chi connectivity index (χ4n) is 1.05. The minimum absolute atomic E-state index is 0. The summed E-state index contributed by atoms with van der Waals surface area (Å²) in [7, 11) is 3.28. The number of rotatable bonds is 7. The zero-order valence-electron chi connectivity index (χ0n) is 11.6. The average molecular weight is 372 g/mol. The zero-order valence-corrected chi connectivity index (χ0v) is 13.9. The molecule has 18 heavy (non-hydrogen) atoms. The van der Waals surface area contributed by atoms with Crippen LogP contribution < -0.4 is 16.0 Å². The van der Waals surface area contributed by atoms with Gasteiger partial charge in [0.25, 0.3) is 0 Å². The quantitative estimate of drug-likeness (QED) is 0.261. The number of aliphatic imine (C=N–C) groups is 1. The number of carbonyl (C=O) groups excluding carboxylic acids is 1. The fourth-order valence-corrected chi connectivity index (χ4v) is 1.05. The van der Waals surface area contributed by atoms with Crippen LogP contribution >= 0.6 is 24.0 Å². The molecule has 0 heterocycles. The highest BCUT2D eigenvalue weighted by Gasteiger charge is 2.05. The molecule has 0 bridgehead atoms. The Bertz CT molecular complexity index is 249. The molecule has 1 amide bonds. The van der Waals surface area contributed by atoms with Gasteiger partial charge in [-0.2, -0.15) is 0 Å². The molecule has 0 spiro atoms. The van der Waals surface area contributed by atoms with Crippen molar-refractivity contribution in [2.24, 2.45) is 4.99 Å². The van der Waals surface area contributed by atoms with Crippen LogP contribution in [0, 0.1) is 0 Å². The van der Waals surface area contributed by atoms with Gasteiger partial charge in [-0.25, -0.2) is 0 Å². The third kappa shape index (κ3) is 10.6. The molecule has 0 saturated carbocycles. The number of nitrogens with one attached hydrogen (secondary N) is 3. The highest BCUT2D eigenvalue weighted by Crippen LogP contribution is 1.86. The van der Waals surface area contributed by atoms with Crippen molar-refractivity contribution in [1.29, 1.82) is 0 Å². The Kier molecular flexibility index (Phi) is 14.1. The summed E-state index contributed by atoms with van der Waals surface area (Å²) in [5.41, 5.74) is 0. The van der Waals surface area contributed by atoms with Crippen LogP contribution in [0.4, 0.5) is 0 Å². The fraction of sp³-hybridized carbons (Fsp3) is 0.818. The highest BCUT2D eigenvalue weighted by atomic mass is 127. The van der Waals surface area contributed by atoms with Crippen molar-refractivity contribution in [3.8, 4) is 0 Å². The van der Waals surface area contributed by atoms with Crippen LogP contribution in [0.1, 0.15) is 20.3 Å². The van der Waals surface area contributed by atoms with Crippen LogP contribution in [0.3, 0.4) is 0 Å². The van der Waals surface area contributed by atoms with Crippen LogP contribution in [0.2, 0.25) is 0 Å². The monoisotopic (exact) mass is 372 g/mol. The Morgan fingerprint density at radius 3 is 2.56 bits per heavy atom. The van der Waals surface area contributed by atoms with Crippen LogP contribution in [-0.4, -0.2) is 51.8 Å². The largest absolute Gasteiger partial charge is 0.383 e. The highest BCUT2D eigenvalue weighted by molar-refractivity contribution is 14.0. The molecule has 108 valence electrons. The van der Waals surface area contributed by atoms with Crippen molar-refractivity contribution in [3.05, 3.63) is 0 Å². The van der Waals surface area contributed by atoms with E-state index in [0.29, 0.717) is 25.2 Å². The van der Waals surface area contributed by atoms with E-state index in [2.05, 4.69) is 34.8 Å². The van der Waals surface area contributed by atoms with E-state index >= 15 is 0 Å². The second-order valence-electron chi connectivity index (χ2n) is 3.72. The van der Waals surface area contributed by atoms with E-state index in [1.807, 2.05) is 0 Å². The Hall–Kier alpha value is -0.570. The standard InChI is InChI=1S/C11H24N4O2.HI/c1-5-9(2)15-11(12-3)14-8-10(16)13-6-7-17-4;/h9H,5-8H2,1-4H3,(H,13,16)(H2,12,14,15);1H. The lowest BCUT2D eigenvalue weighted by atomic mass is 10.3. The van der Waals surface area contributed by atoms with E-state index < -0.39 is 0 Å². The number of guanidine groups is 1. The van der Waals surface area contributed by atoms with Gasteiger partial charge in [-0.1, -0.05) is 6.92 Å². The molecule has 0 aromatic heterocycles. The van der Waals surface area contributed by atoms with Crippen LogP contribution in [0.25, 0.3) is 0 Å². The lowest BCUT2D eigenvalue weighted by Crippen LogP contribution is -2.46. The van der Waals surface area contributed by atoms with Crippen LogP contribution in [0.15, 0.2) is 4.99 Å². The molecule has 0 radical (unpaired) electrons. The molecular formula is C11H25IN4O2. The molecule has 0 saturated heterocycles. The van der Waals surface area contributed by atoms with E-state index in [-0.39, 0.29) is 36.4 Å². The third-order valence-corrected chi connectivity index (χ3v) is 2.26. The second-order valence-corrected chi connectivity index (χ2v) is 3.72. The summed E-state index contributed by atoms with van der Waals surface area (Å²) >= 11 is 0. The molecule has 1 unspecified atom stereocenters. The normalized spacial score (nSPS) is 12.3. The molecule has 0 rings (SSSR count). The van der Waals surface area contributed by atoms with Crippen molar-refractivity contribution in [2.75, 3.05) is 33.9 Å². The number of hydrogen-bond acceptors (Lipinski definition) is 3. The first-order chi connectivity index (χ1) is 8.13. The molecule has 3 N–H and O–H groups in total. The summed E-state index contributed by atoms with van der Waals surface area (Å²) in [4.78, 5) is 15.4. The first kappa shape index (κ1) is 19.8. The van der Waals surface area contributed by atoms with Gasteiger partial charge in [-0.05, 0) is 13.3 Å². The lowest BCUT2D eigenvalue weighted by molar-refractivity contribution is -0.120. The maximum Gasteiger partial charge on any atom is 0.239 e. The maximum atomic E-state index is 11.4. The van der Waals surface area contributed by atoms with Gasteiger partial charge in [0, 0.05) is 26.7 Å². The summed E-state index contributed by atoms with van der Waals surface area (Å²) in [6, 6.07) is 0.331. The Balaban J connectivity index is 0. The molecule has 0 aromatic carbocycles. The molecule has 0 aliphatic carbocycles. The first-order valence-corrected chi connectivity index (χ1v) is 5.86. The lowest BCUT2D eigenvalue weighted by Gasteiger charge is -2.16. The average Bonchev–Trinajstić information content (AvgIpc) is 2.34. The van der Waals surface area contributed by atoms with Crippen molar-refractivity contribution in [2.45, 2.75) is 26.3 Å². The number of amides is 1. The second kappa shape index (κ2) is 12.9. The molecule has 7 heteroatoms. The molecule has 0 aliphatic heterocycles. The Morgan fingerprint density at radius 1 is 1.39 bits per heavy atom. The predicted octanol–water partition coefficient (Wildman–Crippen LogP) is 0.331. The number of carbonyl (C=O) groups is 1. The molecule has 0 fully saturated rings. The molecule has 6 nitrogen and oxygen atoms in total. The summed E-state index contributed by atoms with van der Waals surface area (Å²) in [6.45, 7) is 5.40. The first-order valence-electron chi connectivity index (χ1n) is 5.86. The van der Waals surface area contributed by atoms with Gasteiger partial charge in [0.05, 0.1) is 13.2 Å². The summed E-state index contributed by atoms with van der Waals surface area (Å²) < 4.78 is 4.83. The van der Waals surface area contributed by atoms with Gasteiger partial charge in [0.1, 0.15) is 0 Å². The van der Waals surface area contributed by atoms with Crippen molar-refractivity contribution in [1.82, 2.24) is 16.0 Å².